The van der Waals surface area contributed by atoms with Crippen LogP contribution >= 0.6 is 11.6 Å². The van der Waals surface area contributed by atoms with E-state index in [1.54, 1.807) is 0 Å². The predicted octanol–water partition coefficient (Wildman–Crippen LogP) is 2.40. The summed E-state index contributed by atoms with van der Waals surface area (Å²) in [7, 11) is 1.99. The molecule has 90 valence electrons. The molecule has 3 rings (SSSR count). The molecule has 1 aliphatic carbocycles. The summed E-state index contributed by atoms with van der Waals surface area (Å²) >= 11 is 5.96. The van der Waals surface area contributed by atoms with Crippen molar-refractivity contribution in [1.82, 2.24) is 14.5 Å². The van der Waals surface area contributed by atoms with Crippen molar-refractivity contribution in [3.8, 4) is 0 Å². The number of aryl methyl sites for hydroxylation is 1. The van der Waals surface area contributed by atoms with Crippen LogP contribution in [-0.2, 0) is 7.05 Å². The number of nitrogens with zero attached hydrogens (tertiary/aromatic N) is 3. The monoisotopic (exact) mass is 250 g/mol. The van der Waals surface area contributed by atoms with Crippen LogP contribution < -0.4 is 5.32 Å². The maximum atomic E-state index is 5.96. The molecule has 2 aromatic heterocycles. The molecule has 0 aromatic carbocycles. The molecule has 17 heavy (non-hydrogen) atoms. The molecule has 0 bridgehead atoms. The lowest BCUT2D eigenvalue weighted by atomic mass is 9.85. The van der Waals surface area contributed by atoms with Crippen molar-refractivity contribution in [2.75, 3.05) is 11.9 Å². The van der Waals surface area contributed by atoms with Crippen LogP contribution in [0.4, 0.5) is 5.82 Å². The van der Waals surface area contributed by atoms with Gasteiger partial charge in [0.2, 0.25) is 0 Å². The van der Waals surface area contributed by atoms with Crippen molar-refractivity contribution < 1.29 is 0 Å². The molecule has 0 aliphatic heterocycles. The third-order valence-electron chi connectivity index (χ3n) is 3.38. The number of halogens is 1. The van der Waals surface area contributed by atoms with Gasteiger partial charge < -0.3 is 9.88 Å². The molecule has 1 saturated carbocycles. The Morgan fingerprint density at radius 2 is 2.29 bits per heavy atom. The summed E-state index contributed by atoms with van der Waals surface area (Å²) in [5.74, 6) is 1.55. The highest BCUT2D eigenvalue weighted by Crippen LogP contribution is 2.32. The first-order valence-electron chi connectivity index (χ1n) is 5.88. The Morgan fingerprint density at radius 3 is 3.06 bits per heavy atom. The highest BCUT2D eigenvalue weighted by atomic mass is 35.5. The second-order valence-electron chi connectivity index (χ2n) is 4.70. The first-order valence-corrected chi connectivity index (χ1v) is 6.31. The number of imidazole rings is 1. The molecular weight excluding hydrogens is 236 g/mol. The van der Waals surface area contributed by atoms with E-state index >= 15 is 0 Å². The van der Waals surface area contributed by atoms with Gasteiger partial charge in [0.15, 0.2) is 5.82 Å². The summed E-state index contributed by atoms with van der Waals surface area (Å²) < 4.78 is 2.00. The fourth-order valence-electron chi connectivity index (χ4n) is 2.25. The number of nitrogens with one attached hydrogen (secondary N) is 1. The van der Waals surface area contributed by atoms with Crippen LogP contribution in [0.1, 0.15) is 12.8 Å². The summed E-state index contributed by atoms with van der Waals surface area (Å²) in [6.45, 7) is 0.936. The molecule has 5 heteroatoms. The average molecular weight is 251 g/mol. The zero-order chi connectivity index (χ0) is 11.8. The van der Waals surface area contributed by atoms with Gasteiger partial charge in [-0.1, -0.05) is 0 Å². The van der Waals surface area contributed by atoms with Crippen LogP contribution in [0, 0.1) is 5.92 Å². The van der Waals surface area contributed by atoms with Crippen molar-refractivity contribution in [3.63, 3.8) is 0 Å². The van der Waals surface area contributed by atoms with E-state index in [0.29, 0.717) is 11.3 Å². The van der Waals surface area contributed by atoms with E-state index in [4.69, 9.17) is 11.6 Å². The van der Waals surface area contributed by atoms with Crippen LogP contribution in [0.2, 0.25) is 0 Å². The zero-order valence-electron chi connectivity index (χ0n) is 9.73. The van der Waals surface area contributed by atoms with Gasteiger partial charge in [-0.05, 0) is 24.8 Å². The molecule has 1 aliphatic rings. The Morgan fingerprint density at radius 1 is 1.47 bits per heavy atom. The highest BCUT2D eigenvalue weighted by molar-refractivity contribution is 6.21. The van der Waals surface area contributed by atoms with Gasteiger partial charge in [-0.3, -0.25) is 0 Å². The fourth-order valence-corrected chi connectivity index (χ4v) is 2.76. The SMILES string of the molecule is Cn1cnc2c(NCC3CC(Cl)C3)nccc21. The molecule has 0 atom stereocenters. The smallest absolute Gasteiger partial charge is 0.154 e. The predicted molar refractivity (Wildman–Crippen MR) is 69.4 cm³/mol. The van der Waals surface area contributed by atoms with E-state index in [1.165, 1.54) is 0 Å². The molecule has 2 aromatic rings. The van der Waals surface area contributed by atoms with Crippen molar-refractivity contribution in [2.24, 2.45) is 13.0 Å². The molecule has 0 saturated heterocycles. The molecule has 1 N–H and O–H groups in total. The summed E-state index contributed by atoms with van der Waals surface area (Å²) in [5.41, 5.74) is 2.04. The van der Waals surface area contributed by atoms with E-state index in [2.05, 4.69) is 15.3 Å². The first-order chi connectivity index (χ1) is 8.24. The number of alkyl halides is 1. The maximum absolute atomic E-state index is 5.96. The minimum Gasteiger partial charge on any atom is -0.368 e. The Labute approximate surface area is 105 Å². The minimum absolute atomic E-state index is 0.375. The van der Waals surface area contributed by atoms with Crippen molar-refractivity contribution in [3.05, 3.63) is 18.6 Å². The van der Waals surface area contributed by atoms with Gasteiger partial charge in [0.05, 0.1) is 11.8 Å². The third kappa shape index (κ3) is 1.97. The largest absolute Gasteiger partial charge is 0.368 e. The second kappa shape index (κ2) is 4.18. The molecular formula is C12H15ClN4. The number of anilines is 1. The van der Waals surface area contributed by atoms with Crippen molar-refractivity contribution in [2.45, 2.75) is 18.2 Å². The summed E-state index contributed by atoms with van der Waals surface area (Å²) in [6.07, 6.45) is 5.84. The fraction of sp³-hybridized carbons (Fsp3) is 0.500. The average Bonchev–Trinajstić information content (AvgIpc) is 2.66. The number of rotatable bonds is 3. The maximum Gasteiger partial charge on any atom is 0.154 e. The molecule has 2 heterocycles. The van der Waals surface area contributed by atoms with E-state index in [-0.39, 0.29) is 0 Å². The van der Waals surface area contributed by atoms with E-state index in [9.17, 15) is 0 Å². The van der Waals surface area contributed by atoms with Gasteiger partial charge in [-0.25, -0.2) is 9.97 Å². The molecule has 0 unspecified atom stereocenters. The van der Waals surface area contributed by atoms with Crippen LogP contribution in [0.25, 0.3) is 11.0 Å². The zero-order valence-corrected chi connectivity index (χ0v) is 10.5. The Hall–Kier alpha value is -1.29. The lowest BCUT2D eigenvalue weighted by molar-refractivity contribution is 0.341. The van der Waals surface area contributed by atoms with Crippen LogP contribution in [-0.4, -0.2) is 26.5 Å². The molecule has 4 nitrogen and oxygen atoms in total. The third-order valence-corrected chi connectivity index (χ3v) is 3.74. The Kier molecular flexibility index (Phi) is 2.67. The van der Waals surface area contributed by atoms with Crippen LogP contribution in [0.5, 0.6) is 0 Å². The molecule has 0 radical (unpaired) electrons. The Bertz CT molecular complexity index is 530. The lowest BCUT2D eigenvalue weighted by Gasteiger charge is -2.30. The molecule has 0 amide bonds. The lowest BCUT2D eigenvalue weighted by Crippen LogP contribution is -2.30. The summed E-state index contributed by atoms with van der Waals surface area (Å²) in [4.78, 5) is 8.72. The summed E-state index contributed by atoms with van der Waals surface area (Å²) in [5, 5.41) is 3.75. The first kappa shape index (κ1) is 10.8. The van der Waals surface area contributed by atoms with Gasteiger partial charge in [0.1, 0.15) is 5.52 Å². The van der Waals surface area contributed by atoms with E-state index in [0.717, 1.165) is 36.2 Å². The number of pyridine rings is 1. The van der Waals surface area contributed by atoms with Crippen LogP contribution in [0.3, 0.4) is 0 Å². The van der Waals surface area contributed by atoms with Gasteiger partial charge in [0.25, 0.3) is 0 Å². The number of hydrogen-bond donors (Lipinski definition) is 1. The normalized spacial score (nSPS) is 23.6. The molecule has 0 spiro atoms. The second-order valence-corrected chi connectivity index (χ2v) is 5.32. The molecule has 1 fully saturated rings. The van der Waals surface area contributed by atoms with Gasteiger partial charge >= 0.3 is 0 Å². The summed E-state index contributed by atoms with van der Waals surface area (Å²) in [6, 6.07) is 1.98. The highest BCUT2D eigenvalue weighted by Gasteiger charge is 2.26. The van der Waals surface area contributed by atoms with Crippen LogP contribution in [0.15, 0.2) is 18.6 Å². The van der Waals surface area contributed by atoms with E-state index < -0.39 is 0 Å². The number of hydrogen-bond acceptors (Lipinski definition) is 3. The van der Waals surface area contributed by atoms with Crippen molar-refractivity contribution >= 4 is 28.5 Å². The van der Waals surface area contributed by atoms with E-state index in [1.807, 2.05) is 30.2 Å². The van der Waals surface area contributed by atoms with Gasteiger partial charge in [-0.15, -0.1) is 11.6 Å². The number of fused-ring (bicyclic) bond motifs is 1. The standard InChI is InChI=1S/C12H15ClN4/c1-17-7-16-11-10(17)2-3-14-12(11)15-6-8-4-9(13)5-8/h2-3,7-9H,4-6H2,1H3,(H,14,15). The topological polar surface area (TPSA) is 42.7 Å². The van der Waals surface area contributed by atoms with Gasteiger partial charge in [-0.2, -0.15) is 0 Å². The number of aromatic nitrogens is 3. The Balaban J connectivity index is 1.76. The quantitative estimate of drug-likeness (QED) is 0.851. The van der Waals surface area contributed by atoms with Gasteiger partial charge in [0, 0.05) is 25.2 Å². The van der Waals surface area contributed by atoms with Crippen molar-refractivity contribution in [1.29, 1.82) is 0 Å². The minimum atomic E-state index is 0.375.